The number of nitrogens with two attached hydrogens (primary N) is 1. The van der Waals surface area contributed by atoms with Gasteiger partial charge in [0, 0.05) is 29.7 Å². The molecule has 1 aliphatic heterocycles. The molecule has 2 aromatic rings. The van der Waals surface area contributed by atoms with Crippen molar-refractivity contribution in [3.05, 3.63) is 41.1 Å². The van der Waals surface area contributed by atoms with Crippen LogP contribution in [0.2, 0.25) is 0 Å². The van der Waals surface area contributed by atoms with Crippen molar-refractivity contribution in [1.82, 2.24) is 9.88 Å². The predicted octanol–water partition coefficient (Wildman–Crippen LogP) is 1.60. The van der Waals surface area contributed by atoms with Crippen LogP contribution < -0.4 is 5.14 Å². The van der Waals surface area contributed by atoms with Crippen LogP contribution in [0.1, 0.15) is 28.0 Å². The number of carbonyl (C=O) groups excluding carboxylic acids is 1. The third-order valence-corrected chi connectivity index (χ3v) is 5.37. The van der Waals surface area contributed by atoms with E-state index in [1.165, 1.54) is 0 Å². The van der Waals surface area contributed by atoms with Crippen LogP contribution >= 0.6 is 0 Å². The first-order chi connectivity index (χ1) is 11.2. The van der Waals surface area contributed by atoms with Gasteiger partial charge >= 0.3 is 0 Å². The predicted molar refractivity (Wildman–Crippen MR) is 93.2 cm³/mol. The second-order valence-corrected chi connectivity index (χ2v) is 8.21. The van der Waals surface area contributed by atoms with Crippen molar-refractivity contribution >= 4 is 26.8 Å². The van der Waals surface area contributed by atoms with Gasteiger partial charge in [-0.15, -0.1) is 0 Å². The average Bonchev–Trinajstić information content (AvgIpc) is 2.91. The molecule has 2 heterocycles. The van der Waals surface area contributed by atoms with Crippen molar-refractivity contribution in [3.8, 4) is 0 Å². The number of sulfonamides is 1. The molecular formula is C17H21N3O3S. The van der Waals surface area contributed by atoms with Crippen LogP contribution in [0.15, 0.2) is 24.3 Å². The molecule has 0 bridgehead atoms. The first-order valence-corrected chi connectivity index (χ1v) is 9.62. The van der Waals surface area contributed by atoms with E-state index in [1.54, 1.807) is 4.90 Å². The number of amides is 1. The van der Waals surface area contributed by atoms with Crippen LogP contribution in [0.5, 0.6) is 0 Å². The van der Waals surface area contributed by atoms with E-state index in [1.807, 2.05) is 38.1 Å². The Hall–Kier alpha value is -1.99. The summed E-state index contributed by atoms with van der Waals surface area (Å²) in [6, 6.07) is 7.55. The molecule has 0 radical (unpaired) electrons. The number of fused-ring (bicyclic) bond motifs is 1. The van der Waals surface area contributed by atoms with E-state index in [2.05, 4.69) is 4.98 Å². The molecule has 3 rings (SSSR count). The zero-order valence-corrected chi connectivity index (χ0v) is 14.6. The van der Waals surface area contributed by atoms with E-state index >= 15 is 0 Å². The van der Waals surface area contributed by atoms with Crippen molar-refractivity contribution in [2.75, 3.05) is 18.8 Å². The smallest absolute Gasteiger partial charge is 0.253 e. The SMILES string of the molecule is Cc1cc(C)c2ccc(C(=O)N3CC[C@H](CS(N)(=O)=O)C3)cc2n1. The molecule has 1 amide bonds. The minimum atomic E-state index is -3.51. The summed E-state index contributed by atoms with van der Waals surface area (Å²) in [4.78, 5) is 18.9. The Balaban J connectivity index is 1.82. The fourth-order valence-electron chi connectivity index (χ4n) is 3.37. The molecule has 1 aromatic carbocycles. The van der Waals surface area contributed by atoms with E-state index in [-0.39, 0.29) is 17.6 Å². The Morgan fingerprint density at radius 2 is 2.08 bits per heavy atom. The van der Waals surface area contributed by atoms with Gasteiger partial charge in [-0.25, -0.2) is 13.6 Å². The molecule has 1 atom stereocenters. The standard InChI is InChI=1S/C17H21N3O3S/c1-11-7-12(2)19-16-8-14(3-4-15(11)16)17(21)20-6-5-13(9-20)10-24(18,22)23/h3-4,7-8,13H,5-6,9-10H2,1-2H3,(H2,18,22,23)/t13-/m0/s1. The molecule has 1 aliphatic rings. The lowest BCUT2D eigenvalue weighted by molar-refractivity contribution is 0.0788. The molecule has 1 fully saturated rings. The Morgan fingerprint density at radius 1 is 1.33 bits per heavy atom. The van der Waals surface area contributed by atoms with E-state index in [0.717, 1.165) is 22.2 Å². The van der Waals surface area contributed by atoms with Gasteiger partial charge < -0.3 is 4.90 Å². The summed E-state index contributed by atoms with van der Waals surface area (Å²) in [6.45, 7) is 4.93. The largest absolute Gasteiger partial charge is 0.338 e. The molecule has 6 nitrogen and oxygen atoms in total. The van der Waals surface area contributed by atoms with Gasteiger partial charge in [0.05, 0.1) is 11.3 Å². The quantitative estimate of drug-likeness (QED) is 0.912. The van der Waals surface area contributed by atoms with Crippen molar-refractivity contribution in [2.45, 2.75) is 20.3 Å². The number of rotatable bonds is 3. The van der Waals surface area contributed by atoms with Gasteiger partial charge in [0.1, 0.15) is 0 Å². The Labute approximate surface area is 141 Å². The summed E-state index contributed by atoms with van der Waals surface area (Å²) < 4.78 is 22.4. The number of aryl methyl sites for hydroxylation is 2. The van der Waals surface area contributed by atoms with Gasteiger partial charge in [-0.3, -0.25) is 9.78 Å². The van der Waals surface area contributed by atoms with Crippen LogP contribution in [-0.2, 0) is 10.0 Å². The van der Waals surface area contributed by atoms with Gasteiger partial charge in [-0.2, -0.15) is 0 Å². The number of nitrogens with zero attached hydrogens (tertiary/aromatic N) is 2. The summed E-state index contributed by atoms with van der Waals surface area (Å²) in [7, 11) is -3.51. The minimum absolute atomic E-state index is 0.0750. The van der Waals surface area contributed by atoms with Crippen LogP contribution in [0.3, 0.4) is 0 Å². The van der Waals surface area contributed by atoms with Gasteiger partial charge in [0.15, 0.2) is 0 Å². The summed E-state index contributed by atoms with van der Waals surface area (Å²) in [5, 5.41) is 6.13. The van der Waals surface area contributed by atoms with Gasteiger partial charge in [0.2, 0.25) is 10.0 Å². The number of pyridine rings is 1. The highest BCUT2D eigenvalue weighted by Crippen LogP contribution is 2.23. The Bertz CT molecular complexity index is 909. The first kappa shape index (κ1) is 16.9. The van der Waals surface area contributed by atoms with Crippen LogP contribution in [-0.4, -0.2) is 43.1 Å². The highest BCUT2D eigenvalue weighted by atomic mass is 32.2. The van der Waals surface area contributed by atoms with Gasteiger partial charge in [-0.05, 0) is 49.9 Å². The van der Waals surface area contributed by atoms with E-state index in [4.69, 9.17) is 5.14 Å². The lowest BCUT2D eigenvalue weighted by Gasteiger charge is -2.17. The van der Waals surface area contributed by atoms with Crippen molar-refractivity contribution in [3.63, 3.8) is 0 Å². The fraction of sp³-hybridized carbons (Fsp3) is 0.412. The lowest BCUT2D eigenvalue weighted by atomic mass is 10.1. The van der Waals surface area contributed by atoms with Gasteiger partial charge in [-0.1, -0.05) is 6.07 Å². The normalized spacial score (nSPS) is 18.3. The van der Waals surface area contributed by atoms with E-state index in [9.17, 15) is 13.2 Å². The molecule has 128 valence electrons. The number of carbonyl (C=O) groups is 1. The zero-order chi connectivity index (χ0) is 17.5. The number of aromatic nitrogens is 1. The monoisotopic (exact) mass is 347 g/mol. The molecule has 2 N–H and O–H groups in total. The lowest BCUT2D eigenvalue weighted by Crippen LogP contribution is -2.30. The second kappa shape index (κ2) is 6.14. The minimum Gasteiger partial charge on any atom is -0.338 e. The molecule has 0 unspecified atom stereocenters. The summed E-state index contributed by atoms with van der Waals surface area (Å²) >= 11 is 0. The van der Waals surface area contributed by atoms with E-state index in [0.29, 0.717) is 25.1 Å². The molecule has 24 heavy (non-hydrogen) atoms. The van der Waals surface area contributed by atoms with Gasteiger partial charge in [0.25, 0.3) is 5.91 Å². The van der Waals surface area contributed by atoms with Crippen LogP contribution in [0.4, 0.5) is 0 Å². The molecule has 0 aliphatic carbocycles. The second-order valence-electron chi connectivity index (χ2n) is 6.55. The zero-order valence-electron chi connectivity index (χ0n) is 13.8. The molecule has 7 heteroatoms. The van der Waals surface area contributed by atoms with Crippen molar-refractivity contribution < 1.29 is 13.2 Å². The molecule has 1 aromatic heterocycles. The number of benzene rings is 1. The summed E-state index contributed by atoms with van der Waals surface area (Å²) in [5.41, 5.74) is 3.43. The molecular weight excluding hydrogens is 326 g/mol. The third-order valence-electron chi connectivity index (χ3n) is 4.43. The topological polar surface area (TPSA) is 93.4 Å². The average molecular weight is 347 g/mol. The maximum Gasteiger partial charge on any atom is 0.253 e. The number of likely N-dealkylation sites (tertiary alicyclic amines) is 1. The molecule has 0 saturated carbocycles. The number of primary sulfonamides is 1. The van der Waals surface area contributed by atoms with Crippen molar-refractivity contribution in [2.24, 2.45) is 11.1 Å². The fourth-order valence-corrected chi connectivity index (χ4v) is 4.30. The summed E-state index contributed by atoms with van der Waals surface area (Å²) in [5.74, 6) is -0.254. The highest BCUT2D eigenvalue weighted by molar-refractivity contribution is 7.89. The molecule has 0 spiro atoms. The van der Waals surface area contributed by atoms with Crippen LogP contribution in [0, 0.1) is 19.8 Å². The molecule has 1 saturated heterocycles. The first-order valence-electron chi connectivity index (χ1n) is 7.91. The highest BCUT2D eigenvalue weighted by Gasteiger charge is 2.29. The third kappa shape index (κ3) is 3.57. The summed E-state index contributed by atoms with van der Waals surface area (Å²) in [6.07, 6.45) is 0.659. The maximum absolute atomic E-state index is 12.7. The van der Waals surface area contributed by atoms with Crippen LogP contribution in [0.25, 0.3) is 10.9 Å². The van der Waals surface area contributed by atoms with E-state index < -0.39 is 10.0 Å². The maximum atomic E-state index is 12.7. The Morgan fingerprint density at radius 3 is 2.79 bits per heavy atom. The number of hydrogen-bond donors (Lipinski definition) is 1. The van der Waals surface area contributed by atoms with Crippen molar-refractivity contribution in [1.29, 1.82) is 0 Å². The number of hydrogen-bond acceptors (Lipinski definition) is 4. The Kier molecular flexibility index (Phi) is 4.31.